The summed E-state index contributed by atoms with van der Waals surface area (Å²) >= 11 is 0. The predicted molar refractivity (Wildman–Crippen MR) is 97.4 cm³/mol. The molecule has 6 atom stereocenters. The highest BCUT2D eigenvalue weighted by molar-refractivity contribution is 5.32. The molecule has 0 radical (unpaired) electrons. The van der Waals surface area contributed by atoms with Crippen molar-refractivity contribution in [1.82, 2.24) is 0 Å². The van der Waals surface area contributed by atoms with E-state index < -0.39 is 5.60 Å². The average molecular weight is 341 g/mol. The van der Waals surface area contributed by atoms with E-state index in [0.717, 1.165) is 38.5 Å². The fourth-order valence-electron chi connectivity index (χ4n) is 7.13. The van der Waals surface area contributed by atoms with Crippen LogP contribution in [0.5, 0.6) is 0 Å². The van der Waals surface area contributed by atoms with Gasteiger partial charge in [0.1, 0.15) is 0 Å². The second-order valence-electron chi connectivity index (χ2n) is 9.55. The van der Waals surface area contributed by atoms with Gasteiger partial charge in [-0.05, 0) is 81.5 Å². The molecule has 4 aliphatic rings. The normalized spacial score (nSPS) is 50.4. The quantitative estimate of drug-likeness (QED) is 0.557. The number of aliphatic hydroxyl groups excluding tert-OH is 1. The molecule has 3 heteroatoms. The minimum absolute atomic E-state index is 0.103. The van der Waals surface area contributed by atoms with Gasteiger partial charge in [0.2, 0.25) is 0 Å². The van der Waals surface area contributed by atoms with E-state index in [1.165, 1.54) is 24.0 Å². The lowest BCUT2D eigenvalue weighted by atomic mass is 9.46. The summed E-state index contributed by atoms with van der Waals surface area (Å²) in [5.74, 6) is 1.84. The van der Waals surface area contributed by atoms with Crippen LogP contribution in [-0.4, -0.2) is 22.4 Å². The zero-order valence-corrected chi connectivity index (χ0v) is 15.6. The highest BCUT2D eigenvalue weighted by atomic mass is 16.3. The molecule has 0 aromatic carbocycles. The van der Waals surface area contributed by atoms with Gasteiger partial charge in [0.05, 0.1) is 18.3 Å². The molecule has 3 saturated carbocycles. The molecule has 3 nitrogen and oxygen atoms in total. The molecule has 0 saturated heterocycles. The Morgan fingerprint density at radius 2 is 1.96 bits per heavy atom. The first-order chi connectivity index (χ1) is 11.9. The van der Waals surface area contributed by atoms with Crippen molar-refractivity contribution in [3.05, 3.63) is 23.3 Å². The van der Waals surface area contributed by atoms with E-state index in [2.05, 4.69) is 19.1 Å². The summed E-state index contributed by atoms with van der Waals surface area (Å²) in [7, 11) is 0. The van der Waals surface area contributed by atoms with Crippen molar-refractivity contribution in [3.63, 3.8) is 0 Å². The fourth-order valence-corrected chi connectivity index (χ4v) is 7.13. The van der Waals surface area contributed by atoms with Crippen LogP contribution in [-0.2, 0) is 0 Å². The summed E-state index contributed by atoms with van der Waals surface area (Å²) < 4.78 is 0. The largest absolute Gasteiger partial charge is 0.395 e. The van der Waals surface area contributed by atoms with Gasteiger partial charge in [0, 0.05) is 11.5 Å². The van der Waals surface area contributed by atoms with E-state index in [1.54, 1.807) is 0 Å². The third kappa shape index (κ3) is 2.37. The number of nitrogens with zero attached hydrogens (tertiary/aromatic N) is 1. The van der Waals surface area contributed by atoms with Crippen LogP contribution >= 0.6 is 0 Å². The fraction of sp³-hybridized carbons (Fsp3) is 0.773. The molecule has 6 unspecified atom stereocenters. The average Bonchev–Trinajstić information content (AvgIpc) is 2.91. The van der Waals surface area contributed by atoms with Gasteiger partial charge >= 0.3 is 0 Å². The standard InChI is InChI=1S/C22H31NO2/c1-20(25)10-11-22(14-24)16(13-20)3-5-17-18-6-4-15(8-12-23)21(18,2)9-7-19(17)22/h8,13,17-19,24-25H,3-7,9-11,14H2,1-2H3. The van der Waals surface area contributed by atoms with Gasteiger partial charge in [-0.15, -0.1) is 0 Å². The summed E-state index contributed by atoms with van der Waals surface area (Å²) in [4.78, 5) is 0. The van der Waals surface area contributed by atoms with E-state index in [-0.39, 0.29) is 17.4 Å². The molecule has 4 rings (SSSR count). The van der Waals surface area contributed by atoms with Crippen LogP contribution in [0.1, 0.15) is 65.2 Å². The maximum Gasteiger partial charge on any atom is 0.0911 e. The molecule has 0 aromatic heterocycles. The number of nitriles is 1. The molecule has 0 heterocycles. The Kier molecular flexibility index (Phi) is 3.94. The summed E-state index contributed by atoms with van der Waals surface area (Å²) in [5, 5.41) is 30.1. The third-order valence-corrected chi connectivity index (χ3v) is 8.46. The van der Waals surface area contributed by atoms with Gasteiger partial charge in [0.15, 0.2) is 0 Å². The van der Waals surface area contributed by atoms with Gasteiger partial charge in [-0.2, -0.15) is 5.26 Å². The third-order valence-electron chi connectivity index (χ3n) is 8.46. The van der Waals surface area contributed by atoms with E-state index in [4.69, 9.17) is 5.26 Å². The van der Waals surface area contributed by atoms with E-state index in [9.17, 15) is 10.2 Å². The van der Waals surface area contributed by atoms with Crippen molar-refractivity contribution in [2.24, 2.45) is 28.6 Å². The topological polar surface area (TPSA) is 64.2 Å². The predicted octanol–water partition coefficient (Wildman–Crippen LogP) is 4.12. The SMILES string of the molecule is CC1(O)C=C2CCC3C4CCC(=CC#N)C4(C)CCC3C2(CO)CC1. The molecule has 3 fully saturated rings. The van der Waals surface area contributed by atoms with E-state index in [0.29, 0.717) is 17.8 Å². The first-order valence-electron chi connectivity index (χ1n) is 10.0. The van der Waals surface area contributed by atoms with Crippen molar-refractivity contribution in [1.29, 1.82) is 5.26 Å². The Bertz CT molecular complexity index is 670. The molecular weight excluding hydrogens is 310 g/mol. The Morgan fingerprint density at radius 1 is 1.16 bits per heavy atom. The van der Waals surface area contributed by atoms with Crippen LogP contribution in [0, 0.1) is 39.9 Å². The monoisotopic (exact) mass is 341 g/mol. The van der Waals surface area contributed by atoms with Gasteiger partial charge in [-0.25, -0.2) is 0 Å². The second-order valence-corrected chi connectivity index (χ2v) is 9.55. The smallest absolute Gasteiger partial charge is 0.0911 e. The molecule has 0 aliphatic heterocycles. The highest BCUT2D eigenvalue weighted by Crippen LogP contribution is 2.66. The van der Waals surface area contributed by atoms with Crippen molar-refractivity contribution in [3.8, 4) is 6.07 Å². The lowest BCUT2D eigenvalue weighted by Crippen LogP contribution is -2.53. The van der Waals surface area contributed by atoms with Gasteiger partial charge in [0.25, 0.3) is 0 Å². The lowest BCUT2D eigenvalue weighted by Gasteiger charge is -2.59. The zero-order chi connectivity index (χ0) is 17.9. The van der Waals surface area contributed by atoms with Crippen molar-refractivity contribution in [2.45, 2.75) is 70.8 Å². The zero-order valence-electron chi connectivity index (χ0n) is 15.6. The minimum Gasteiger partial charge on any atom is -0.395 e. The van der Waals surface area contributed by atoms with Crippen LogP contribution in [0.4, 0.5) is 0 Å². The summed E-state index contributed by atoms with van der Waals surface area (Å²) in [6.45, 7) is 4.51. The molecule has 136 valence electrons. The van der Waals surface area contributed by atoms with Crippen LogP contribution in [0.3, 0.4) is 0 Å². The molecule has 25 heavy (non-hydrogen) atoms. The first kappa shape index (κ1) is 17.3. The molecule has 0 bridgehead atoms. The molecule has 0 aromatic rings. The van der Waals surface area contributed by atoms with Crippen LogP contribution in [0.25, 0.3) is 0 Å². The maximum atomic E-state index is 10.5. The first-order valence-corrected chi connectivity index (χ1v) is 10.0. The number of fused-ring (bicyclic) bond motifs is 5. The van der Waals surface area contributed by atoms with Crippen LogP contribution < -0.4 is 0 Å². The second kappa shape index (κ2) is 5.69. The van der Waals surface area contributed by atoms with E-state index in [1.807, 2.05) is 13.0 Å². The summed E-state index contributed by atoms with van der Waals surface area (Å²) in [5.41, 5.74) is 2.06. The molecule has 0 spiro atoms. The van der Waals surface area contributed by atoms with Crippen molar-refractivity contribution < 1.29 is 10.2 Å². The Hall–Kier alpha value is -1.11. The molecular formula is C22H31NO2. The Labute approximate surface area is 151 Å². The van der Waals surface area contributed by atoms with E-state index >= 15 is 0 Å². The maximum absolute atomic E-state index is 10.5. The van der Waals surface area contributed by atoms with Crippen LogP contribution in [0.2, 0.25) is 0 Å². The lowest BCUT2D eigenvalue weighted by molar-refractivity contribution is -0.0697. The van der Waals surface area contributed by atoms with Gasteiger partial charge in [-0.1, -0.05) is 24.1 Å². The Morgan fingerprint density at radius 3 is 2.68 bits per heavy atom. The molecule has 4 aliphatic carbocycles. The van der Waals surface area contributed by atoms with Crippen molar-refractivity contribution >= 4 is 0 Å². The number of aliphatic hydroxyl groups is 2. The number of allylic oxidation sites excluding steroid dienone is 2. The summed E-state index contributed by atoms with van der Waals surface area (Å²) in [6, 6.07) is 2.27. The minimum atomic E-state index is -0.708. The number of hydrogen-bond donors (Lipinski definition) is 2. The van der Waals surface area contributed by atoms with Gasteiger partial charge in [-0.3, -0.25) is 0 Å². The van der Waals surface area contributed by atoms with Gasteiger partial charge < -0.3 is 10.2 Å². The number of rotatable bonds is 1. The Balaban J connectivity index is 1.70. The van der Waals surface area contributed by atoms with Crippen LogP contribution in [0.15, 0.2) is 23.3 Å². The molecule has 2 N–H and O–H groups in total. The highest BCUT2D eigenvalue weighted by Gasteiger charge is 2.59. The molecule has 0 amide bonds. The van der Waals surface area contributed by atoms with Crippen molar-refractivity contribution in [2.75, 3.05) is 6.61 Å². The summed E-state index contributed by atoms with van der Waals surface area (Å²) in [6.07, 6.45) is 12.3. The number of hydrogen-bond acceptors (Lipinski definition) is 3.